The van der Waals surface area contributed by atoms with Gasteiger partial charge in [0.15, 0.2) is 0 Å². The number of benzene rings is 1. The Hall–Kier alpha value is -1.15. The van der Waals surface area contributed by atoms with Crippen LogP contribution >= 0.6 is 12.4 Å². The molecule has 0 saturated heterocycles. The number of anilines is 1. The smallest absolute Gasteiger partial charge is 0.240 e. The van der Waals surface area contributed by atoms with E-state index in [0.717, 1.165) is 19.3 Å². The largest absolute Gasteiger partial charge is 0.327 e. The fourth-order valence-corrected chi connectivity index (χ4v) is 5.08. The third-order valence-electron chi connectivity index (χ3n) is 5.38. The lowest BCUT2D eigenvalue weighted by atomic mass is 9.84. The van der Waals surface area contributed by atoms with E-state index in [4.69, 9.17) is 5.73 Å². The number of carbonyl (C=O) groups is 1. The van der Waals surface area contributed by atoms with Crippen molar-refractivity contribution < 1.29 is 13.2 Å². The normalized spacial score (nSPS) is 28.5. The number of sulfonamides is 1. The van der Waals surface area contributed by atoms with E-state index in [2.05, 4.69) is 10.0 Å². The van der Waals surface area contributed by atoms with Gasteiger partial charge in [-0.3, -0.25) is 4.79 Å². The quantitative estimate of drug-likeness (QED) is 0.746. The van der Waals surface area contributed by atoms with E-state index in [1.165, 1.54) is 13.1 Å². The fourth-order valence-electron chi connectivity index (χ4n) is 4.09. The molecule has 2 aliphatic rings. The van der Waals surface area contributed by atoms with Gasteiger partial charge in [0.05, 0.1) is 10.8 Å². The van der Waals surface area contributed by atoms with Gasteiger partial charge < -0.3 is 11.1 Å². The van der Waals surface area contributed by atoms with Crippen LogP contribution in [-0.2, 0) is 14.8 Å². The number of amides is 1. The Morgan fingerprint density at radius 1 is 1.25 bits per heavy atom. The molecule has 24 heavy (non-hydrogen) atoms. The second kappa shape index (κ2) is 7.00. The lowest BCUT2D eigenvalue weighted by molar-refractivity contribution is -0.121. The Morgan fingerprint density at radius 3 is 2.50 bits per heavy atom. The molecule has 1 amide bonds. The summed E-state index contributed by atoms with van der Waals surface area (Å²) in [6.45, 7) is 1.70. The van der Waals surface area contributed by atoms with Gasteiger partial charge in [-0.25, -0.2) is 13.1 Å². The monoisotopic (exact) mass is 373 g/mol. The van der Waals surface area contributed by atoms with Crippen LogP contribution < -0.4 is 15.8 Å². The van der Waals surface area contributed by atoms with Crippen LogP contribution in [0.1, 0.15) is 24.8 Å². The molecular weight excluding hydrogens is 350 g/mol. The Labute approximate surface area is 149 Å². The summed E-state index contributed by atoms with van der Waals surface area (Å²) < 4.78 is 26.4. The summed E-state index contributed by atoms with van der Waals surface area (Å²) in [4.78, 5) is 12.8. The number of hydrogen-bond donors (Lipinski definition) is 3. The third-order valence-corrected chi connectivity index (χ3v) is 6.94. The first-order valence-electron chi connectivity index (χ1n) is 7.94. The molecule has 1 aromatic carbocycles. The summed E-state index contributed by atoms with van der Waals surface area (Å²) in [6, 6.07) is 4.80. The molecule has 2 fully saturated rings. The summed E-state index contributed by atoms with van der Waals surface area (Å²) in [7, 11) is -2.18. The molecular formula is C16H24ClN3O3S. The number of hydrogen-bond acceptors (Lipinski definition) is 4. The molecule has 3 rings (SSSR count). The molecule has 0 aliphatic heterocycles. The first-order chi connectivity index (χ1) is 10.8. The molecule has 2 bridgehead atoms. The van der Waals surface area contributed by atoms with E-state index in [1.54, 1.807) is 19.1 Å². The van der Waals surface area contributed by atoms with Crippen molar-refractivity contribution in [2.75, 3.05) is 12.4 Å². The number of fused-ring (bicyclic) bond motifs is 2. The minimum Gasteiger partial charge on any atom is -0.327 e. The number of carbonyl (C=O) groups excluding carboxylic acids is 1. The average molecular weight is 374 g/mol. The highest BCUT2D eigenvalue weighted by atomic mass is 35.5. The molecule has 0 spiro atoms. The zero-order valence-corrected chi connectivity index (χ0v) is 15.4. The molecule has 0 heterocycles. The van der Waals surface area contributed by atoms with Crippen LogP contribution in [0, 0.1) is 24.7 Å². The van der Waals surface area contributed by atoms with E-state index >= 15 is 0 Å². The van der Waals surface area contributed by atoms with Gasteiger partial charge in [-0.05, 0) is 62.8 Å². The van der Waals surface area contributed by atoms with Crippen LogP contribution in [0.5, 0.6) is 0 Å². The van der Waals surface area contributed by atoms with Crippen molar-refractivity contribution >= 4 is 34.0 Å². The number of nitrogens with two attached hydrogens (primary N) is 1. The van der Waals surface area contributed by atoms with Crippen LogP contribution in [0.25, 0.3) is 0 Å². The van der Waals surface area contributed by atoms with Gasteiger partial charge in [0, 0.05) is 11.7 Å². The molecule has 8 heteroatoms. The van der Waals surface area contributed by atoms with Crippen LogP contribution in [0.3, 0.4) is 0 Å². The van der Waals surface area contributed by atoms with Crippen molar-refractivity contribution in [3.63, 3.8) is 0 Å². The predicted octanol–water partition coefficient (Wildman–Crippen LogP) is 1.64. The van der Waals surface area contributed by atoms with Crippen molar-refractivity contribution in [2.45, 2.75) is 37.1 Å². The average Bonchev–Trinajstić information content (AvgIpc) is 3.10. The van der Waals surface area contributed by atoms with Crippen molar-refractivity contribution in [2.24, 2.45) is 23.5 Å². The Bertz CT molecular complexity index is 736. The summed E-state index contributed by atoms with van der Waals surface area (Å²) in [5, 5.41) is 2.89. The minimum atomic E-state index is -3.55. The summed E-state index contributed by atoms with van der Waals surface area (Å²) in [5.41, 5.74) is 7.27. The maximum atomic E-state index is 12.6. The van der Waals surface area contributed by atoms with Gasteiger partial charge in [0.2, 0.25) is 15.9 Å². The highest BCUT2D eigenvalue weighted by Crippen LogP contribution is 2.48. The lowest BCUT2D eigenvalue weighted by Crippen LogP contribution is -2.42. The van der Waals surface area contributed by atoms with Crippen LogP contribution in [-0.4, -0.2) is 27.4 Å². The molecule has 0 aromatic heterocycles. The molecule has 4 unspecified atom stereocenters. The van der Waals surface area contributed by atoms with E-state index in [9.17, 15) is 13.2 Å². The molecule has 4 N–H and O–H groups in total. The van der Waals surface area contributed by atoms with Crippen molar-refractivity contribution in [1.82, 2.24) is 4.72 Å². The number of halogens is 1. The molecule has 4 atom stereocenters. The molecule has 134 valence electrons. The Balaban J connectivity index is 0.00000208. The van der Waals surface area contributed by atoms with Crippen LogP contribution in [0.4, 0.5) is 5.69 Å². The predicted molar refractivity (Wildman–Crippen MR) is 95.6 cm³/mol. The van der Waals surface area contributed by atoms with Gasteiger partial charge in [-0.2, -0.15) is 0 Å². The Kier molecular flexibility index (Phi) is 5.59. The Morgan fingerprint density at radius 2 is 1.92 bits per heavy atom. The second-order valence-corrected chi connectivity index (χ2v) is 8.42. The van der Waals surface area contributed by atoms with Crippen molar-refractivity contribution in [3.8, 4) is 0 Å². The molecule has 2 aliphatic carbocycles. The molecule has 1 aromatic rings. The maximum absolute atomic E-state index is 12.6. The van der Waals surface area contributed by atoms with Gasteiger partial charge in [0.25, 0.3) is 0 Å². The SMILES string of the molecule is CNS(=O)(=O)c1cccc(NC(=O)C2C3CCC(C3)C2N)c1C.Cl. The molecule has 6 nitrogen and oxygen atoms in total. The summed E-state index contributed by atoms with van der Waals surface area (Å²) in [6.07, 6.45) is 3.21. The van der Waals surface area contributed by atoms with Gasteiger partial charge in [0.1, 0.15) is 0 Å². The molecule has 2 saturated carbocycles. The van der Waals surface area contributed by atoms with E-state index in [0.29, 0.717) is 23.1 Å². The highest BCUT2D eigenvalue weighted by molar-refractivity contribution is 7.89. The summed E-state index contributed by atoms with van der Waals surface area (Å²) in [5.74, 6) is 0.553. The van der Waals surface area contributed by atoms with E-state index in [-0.39, 0.29) is 35.2 Å². The first-order valence-corrected chi connectivity index (χ1v) is 9.43. The highest BCUT2D eigenvalue weighted by Gasteiger charge is 2.49. The van der Waals surface area contributed by atoms with Gasteiger partial charge >= 0.3 is 0 Å². The topological polar surface area (TPSA) is 101 Å². The van der Waals surface area contributed by atoms with Gasteiger partial charge in [-0.1, -0.05) is 6.07 Å². The maximum Gasteiger partial charge on any atom is 0.240 e. The third kappa shape index (κ3) is 3.18. The number of nitrogens with one attached hydrogen (secondary N) is 2. The zero-order valence-electron chi connectivity index (χ0n) is 13.8. The van der Waals surface area contributed by atoms with E-state index < -0.39 is 10.0 Å². The van der Waals surface area contributed by atoms with Gasteiger partial charge in [-0.15, -0.1) is 12.4 Å². The van der Waals surface area contributed by atoms with Crippen LogP contribution in [0.2, 0.25) is 0 Å². The summed E-state index contributed by atoms with van der Waals surface area (Å²) >= 11 is 0. The first kappa shape index (κ1) is 19.2. The second-order valence-electron chi connectivity index (χ2n) is 6.56. The minimum absolute atomic E-state index is 0. The van der Waals surface area contributed by atoms with Crippen molar-refractivity contribution in [3.05, 3.63) is 23.8 Å². The standard InChI is InChI=1S/C16H23N3O3S.ClH/c1-9-12(4-3-5-13(9)23(21,22)18-2)19-16(20)14-10-6-7-11(8-10)15(14)17;/h3-5,10-11,14-15,18H,6-8,17H2,1-2H3,(H,19,20);1H. The lowest BCUT2D eigenvalue weighted by Gasteiger charge is -2.27. The van der Waals surface area contributed by atoms with E-state index in [1.807, 2.05) is 0 Å². The molecule has 0 radical (unpaired) electrons. The van der Waals surface area contributed by atoms with Crippen molar-refractivity contribution in [1.29, 1.82) is 0 Å². The number of rotatable bonds is 4. The zero-order chi connectivity index (χ0) is 16.8. The van der Waals surface area contributed by atoms with Crippen LogP contribution in [0.15, 0.2) is 23.1 Å². The fraction of sp³-hybridized carbons (Fsp3) is 0.562.